The highest BCUT2D eigenvalue weighted by atomic mass is 15.5. The third-order valence-corrected chi connectivity index (χ3v) is 1.63. The molecule has 4 N–H and O–H groups in total. The molecular formula is C8H22N3+. The van der Waals surface area contributed by atoms with Crippen molar-refractivity contribution in [3.05, 3.63) is 0 Å². The molecule has 3 nitrogen and oxygen atoms in total. The summed E-state index contributed by atoms with van der Waals surface area (Å²) in [5.41, 5.74) is 7.11. The topological polar surface area (TPSA) is 42.9 Å². The molecular weight excluding hydrogens is 138 g/mol. The van der Waals surface area contributed by atoms with E-state index in [1.54, 1.807) is 0 Å². The number of hydrogen-bond acceptors (Lipinski definition) is 2. The summed E-state index contributed by atoms with van der Waals surface area (Å²) in [6.45, 7) is 5.45. The van der Waals surface area contributed by atoms with Gasteiger partial charge in [-0.3, -0.25) is 5.43 Å². The van der Waals surface area contributed by atoms with Gasteiger partial charge >= 0.3 is 0 Å². The van der Waals surface area contributed by atoms with Crippen molar-refractivity contribution in [3.63, 3.8) is 0 Å². The molecule has 0 aromatic carbocycles. The average molecular weight is 160 g/mol. The van der Waals surface area contributed by atoms with Gasteiger partial charge in [0.2, 0.25) is 0 Å². The quantitative estimate of drug-likeness (QED) is 0.402. The Morgan fingerprint density at radius 1 is 1.36 bits per heavy atom. The Morgan fingerprint density at radius 3 is 2.64 bits per heavy atom. The molecule has 0 aliphatic rings. The molecule has 11 heavy (non-hydrogen) atoms. The van der Waals surface area contributed by atoms with Gasteiger partial charge in [-0.25, -0.2) is 5.01 Å². The molecule has 0 spiro atoms. The molecule has 68 valence electrons. The lowest BCUT2D eigenvalue weighted by molar-refractivity contribution is -0.368. The number of unbranched alkanes of at least 4 members (excludes halogenated alkanes) is 1. The zero-order valence-electron chi connectivity index (χ0n) is 7.90. The van der Waals surface area contributed by atoms with Crippen molar-refractivity contribution in [1.82, 2.24) is 10.4 Å². The van der Waals surface area contributed by atoms with Crippen LogP contribution in [0.1, 0.15) is 26.2 Å². The third kappa shape index (κ3) is 7.78. The maximum Gasteiger partial charge on any atom is 0.0740 e. The summed E-state index contributed by atoms with van der Waals surface area (Å²) < 4.78 is 0. The van der Waals surface area contributed by atoms with Gasteiger partial charge in [0.1, 0.15) is 0 Å². The fourth-order valence-corrected chi connectivity index (χ4v) is 0.907. The minimum atomic E-state index is 1.06. The molecule has 3 heteroatoms. The Hall–Kier alpha value is -0.120. The fourth-order valence-electron chi connectivity index (χ4n) is 0.907. The zero-order valence-corrected chi connectivity index (χ0v) is 7.90. The van der Waals surface area contributed by atoms with E-state index in [0.717, 1.165) is 19.6 Å². The number of hydrogen-bond donors (Lipinski definition) is 2. The van der Waals surface area contributed by atoms with E-state index < -0.39 is 0 Å². The summed E-state index contributed by atoms with van der Waals surface area (Å²) in [4.78, 5) is 0. The second-order valence-electron chi connectivity index (χ2n) is 2.89. The van der Waals surface area contributed by atoms with Gasteiger partial charge in [0.05, 0.1) is 6.54 Å². The van der Waals surface area contributed by atoms with Crippen molar-refractivity contribution in [2.75, 3.05) is 26.7 Å². The number of nitrogens with one attached hydrogen (secondary N) is 1. The van der Waals surface area contributed by atoms with Gasteiger partial charge in [-0.05, 0) is 19.3 Å². The first-order valence-corrected chi connectivity index (χ1v) is 4.55. The van der Waals surface area contributed by atoms with Crippen LogP contribution in [-0.4, -0.2) is 31.7 Å². The van der Waals surface area contributed by atoms with Crippen molar-refractivity contribution in [2.24, 2.45) is 0 Å². The molecule has 0 saturated carbocycles. The van der Waals surface area contributed by atoms with Crippen molar-refractivity contribution in [1.29, 1.82) is 0 Å². The number of rotatable bonds is 7. The summed E-state index contributed by atoms with van der Waals surface area (Å²) in [5.74, 6) is 0. The first kappa shape index (κ1) is 10.9. The van der Waals surface area contributed by atoms with E-state index in [2.05, 4.69) is 30.1 Å². The predicted octanol–water partition coefficient (Wildman–Crippen LogP) is -0.145. The van der Waals surface area contributed by atoms with E-state index in [1.807, 2.05) is 0 Å². The van der Waals surface area contributed by atoms with Gasteiger partial charge in [-0.15, -0.1) is 0 Å². The molecule has 0 aliphatic carbocycles. The monoisotopic (exact) mass is 160 g/mol. The summed E-state index contributed by atoms with van der Waals surface area (Å²) in [7, 11) is 2.10. The van der Waals surface area contributed by atoms with Gasteiger partial charge in [0.15, 0.2) is 0 Å². The minimum absolute atomic E-state index is 1.06. The molecule has 0 fully saturated rings. The molecule has 0 amide bonds. The summed E-state index contributed by atoms with van der Waals surface area (Å²) in [5, 5.41) is 2.17. The molecule has 0 rings (SSSR count). The first-order chi connectivity index (χ1) is 5.31. The molecule has 0 aromatic rings. The van der Waals surface area contributed by atoms with Gasteiger partial charge in [0, 0.05) is 20.1 Å². The Morgan fingerprint density at radius 2 is 2.09 bits per heavy atom. The molecule has 0 atom stereocenters. The van der Waals surface area contributed by atoms with Crippen LogP contribution < -0.4 is 11.2 Å². The van der Waals surface area contributed by atoms with Crippen molar-refractivity contribution in [3.8, 4) is 0 Å². The Balaban J connectivity index is 3.02. The average Bonchev–Trinajstić information content (AvgIpc) is 2.01. The van der Waals surface area contributed by atoms with E-state index in [1.165, 1.54) is 19.3 Å². The summed E-state index contributed by atoms with van der Waals surface area (Å²) in [6.07, 6.45) is 3.68. The molecule has 0 aromatic heterocycles. The lowest BCUT2D eigenvalue weighted by Gasteiger charge is -2.16. The molecule has 0 aliphatic heterocycles. The number of hydrazine groups is 1. The molecule has 0 unspecified atom stereocenters. The fraction of sp³-hybridized carbons (Fsp3) is 1.00. The lowest BCUT2D eigenvalue weighted by Crippen LogP contribution is -2.50. The highest BCUT2D eigenvalue weighted by Gasteiger charge is 1.94. The number of quaternary nitrogens is 1. The van der Waals surface area contributed by atoms with Crippen LogP contribution in [0.5, 0.6) is 0 Å². The summed E-state index contributed by atoms with van der Waals surface area (Å²) >= 11 is 0. The van der Waals surface area contributed by atoms with Crippen molar-refractivity contribution < 1.29 is 5.73 Å². The van der Waals surface area contributed by atoms with Crippen LogP contribution in [0.15, 0.2) is 0 Å². The highest BCUT2D eigenvalue weighted by molar-refractivity contribution is 4.45. The molecule has 0 heterocycles. The van der Waals surface area contributed by atoms with Crippen LogP contribution in [0, 0.1) is 0 Å². The maximum atomic E-state index is 3.81. The van der Waals surface area contributed by atoms with E-state index in [9.17, 15) is 0 Å². The van der Waals surface area contributed by atoms with Crippen molar-refractivity contribution in [2.45, 2.75) is 26.2 Å². The van der Waals surface area contributed by atoms with Gasteiger partial charge < -0.3 is 5.73 Å². The first-order valence-electron chi connectivity index (χ1n) is 4.55. The van der Waals surface area contributed by atoms with Crippen LogP contribution in [0.3, 0.4) is 0 Å². The lowest BCUT2D eigenvalue weighted by atomic mass is 10.3. The Kier molecular flexibility index (Phi) is 7.89. The second-order valence-corrected chi connectivity index (χ2v) is 2.89. The van der Waals surface area contributed by atoms with Crippen molar-refractivity contribution >= 4 is 0 Å². The van der Waals surface area contributed by atoms with Gasteiger partial charge in [0.25, 0.3) is 0 Å². The van der Waals surface area contributed by atoms with E-state index in [-0.39, 0.29) is 0 Å². The van der Waals surface area contributed by atoms with Crippen LogP contribution in [-0.2, 0) is 0 Å². The normalized spacial score (nSPS) is 10.9. The zero-order chi connectivity index (χ0) is 8.53. The van der Waals surface area contributed by atoms with Gasteiger partial charge in [-0.2, -0.15) is 0 Å². The largest absolute Gasteiger partial charge is 0.358 e. The van der Waals surface area contributed by atoms with Crippen LogP contribution in [0.4, 0.5) is 0 Å². The second kappa shape index (κ2) is 7.98. The maximum absolute atomic E-state index is 3.81. The molecule has 0 radical (unpaired) electrons. The van der Waals surface area contributed by atoms with E-state index in [0.29, 0.717) is 0 Å². The Labute approximate surface area is 69.9 Å². The smallest absolute Gasteiger partial charge is 0.0740 e. The van der Waals surface area contributed by atoms with Crippen LogP contribution in [0.2, 0.25) is 0 Å². The highest BCUT2D eigenvalue weighted by Crippen LogP contribution is 1.87. The van der Waals surface area contributed by atoms with E-state index in [4.69, 9.17) is 0 Å². The SMILES string of the molecule is CCCNN(C)CCCC[NH3+]. The Bertz CT molecular complexity index is 75.7. The summed E-state index contributed by atoms with van der Waals surface area (Å²) in [6, 6.07) is 0. The standard InChI is InChI=1S/C8H21N3/c1-3-7-10-11(2)8-5-4-6-9/h10H,3-9H2,1-2H3/p+1. The predicted molar refractivity (Wildman–Crippen MR) is 47.9 cm³/mol. The minimum Gasteiger partial charge on any atom is -0.358 e. The van der Waals surface area contributed by atoms with E-state index >= 15 is 0 Å². The third-order valence-electron chi connectivity index (χ3n) is 1.63. The molecule has 0 bridgehead atoms. The van der Waals surface area contributed by atoms with Crippen LogP contribution in [0.25, 0.3) is 0 Å². The number of nitrogens with zero attached hydrogens (tertiary/aromatic N) is 1. The van der Waals surface area contributed by atoms with Crippen LogP contribution >= 0.6 is 0 Å². The van der Waals surface area contributed by atoms with Gasteiger partial charge in [-0.1, -0.05) is 6.92 Å². The molecule has 0 saturated heterocycles.